The van der Waals surface area contributed by atoms with E-state index in [1.54, 1.807) is 26.0 Å². The Kier molecular flexibility index (Phi) is 3.02. The molecule has 2 unspecified atom stereocenters. The van der Waals surface area contributed by atoms with Crippen molar-refractivity contribution in [3.63, 3.8) is 0 Å². The van der Waals surface area contributed by atoms with E-state index in [-0.39, 0.29) is 11.1 Å². The lowest BCUT2D eigenvalue weighted by Gasteiger charge is -2.06. The number of carboxylic acid groups (broad SMARTS) is 1. The maximum Gasteiger partial charge on any atom is 0.307 e. The Balaban J connectivity index is 2.11. The van der Waals surface area contributed by atoms with E-state index in [9.17, 15) is 9.59 Å². The summed E-state index contributed by atoms with van der Waals surface area (Å²) in [5.74, 6) is -2.46. The molecule has 18 heavy (non-hydrogen) atoms. The molecule has 5 nitrogen and oxygen atoms in total. The second kappa shape index (κ2) is 4.24. The van der Waals surface area contributed by atoms with Gasteiger partial charge in [-0.1, -0.05) is 25.4 Å². The Morgan fingerprint density at radius 1 is 1.44 bits per heavy atom. The third-order valence-electron chi connectivity index (χ3n) is 3.39. The molecule has 0 aliphatic heterocycles. The van der Waals surface area contributed by atoms with Crippen LogP contribution in [0.25, 0.3) is 0 Å². The lowest BCUT2D eigenvalue weighted by atomic mass is 10.1. The standard InChI is InChI=1S/C12H13ClN2O3/c1-12(2)7(8(12)11(17)18)10(16)15-6-4-3-5-14-9(6)13/h3-5,7-8H,1-2H3,(H,15,16)(H,17,18). The van der Waals surface area contributed by atoms with Gasteiger partial charge in [-0.2, -0.15) is 0 Å². The molecule has 1 fully saturated rings. The Morgan fingerprint density at radius 3 is 2.61 bits per heavy atom. The number of aromatic nitrogens is 1. The van der Waals surface area contributed by atoms with Crippen molar-refractivity contribution in [2.45, 2.75) is 13.8 Å². The third-order valence-corrected chi connectivity index (χ3v) is 3.69. The number of anilines is 1. The second-order valence-corrected chi connectivity index (χ2v) is 5.30. The van der Waals surface area contributed by atoms with Crippen molar-refractivity contribution in [3.8, 4) is 0 Å². The second-order valence-electron chi connectivity index (χ2n) is 4.95. The maximum atomic E-state index is 12.0. The number of aliphatic carboxylic acids is 1. The van der Waals surface area contributed by atoms with Gasteiger partial charge in [-0.15, -0.1) is 0 Å². The number of carboxylic acids is 1. The summed E-state index contributed by atoms with van der Waals surface area (Å²) >= 11 is 5.82. The van der Waals surface area contributed by atoms with Crippen LogP contribution in [0.4, 0.5) is 5.69 Å². The fourth-order valence-electron chi connectivity index (χ4n) is 2.28. The minimum absolute atomic E-state index is 0.191. The number of nitrogens with zero attached hydrogens (tertiary/aromatic N) is 1. The largest absolute Gasteiger partial charge is 0.481 e. The zero-order valence-electron chi connectivity index (χ0n) is 9.98. The molecule has 1 heterocycles. The molecular weight excluding hydrogens is 256 g/mol. The highest BCUT2D eigenvalue weighted by molar-refractivity contribution is 6.32. The van der Waals surface area contributed by atoms with Gasteiger partial charge >= 0.3 is 5.97 Å². The average Bonchev–Trinajstić information content (AvgIpc) is 2.85. The molecule has 2 atom stereocenters. The van der Waals surface area contributed by atoms with Gasteiger partial charge in [-0.25, -0.2) is 4.98 Å². The fraction of sp³-hybridized carbons (Fsp3) is 0.417. The fourth-order valence-corrected chi connectivity index (χ4v) is 2.44. The van der Waals surface area contributed by atoms with Crippen molar-refractivity contribution < 1.29 is 14.7 Å². The lowest BCUT2D eigenvalue weighted by molar-refractivity contribution is -0.140. The molecule has 2 rings (SSSR count). The number of hydrogen-bond acceptors (Lipinski definition) is 3. The molecule has 0 spiro atoms. The maximum absolute atomic E-state index is 12.0. The van der Waals surface area contributed by atoms with Gasteiger partial charge < -0.3 is 10.4 Å². The van der Waals surface area contributed by atoms with Crippen LogP contribution < -0.4 is 5.32 Å². The van der Waals surface area contributed by atoms with E-state index in [0.29, 0.717) is 5.69 Å². The van der Waals surface area contributed by atoms with Crippen molar-refractivity contribution in [2.75, 3.05) is 5.32 Å². The molecule has 2 N–H and O–H groups in total. The minimum atomic E-state index is -0.947. The molecule has 1 saturated carbocycles. The first kappa shape index (κ1) is 12.8. The molecule has 1 aliphatic rings. The SMILES string of the molecule is CC1(C)C(C(=O)O)C1C(=O)Nc1cccnc1Cl. The van der Waals surface area contributed by atoms with Crippen LogP contribution in [0.2, 0.25) is 5.15 Å². The highest BCUT2D eigenvalue weighted by Gasteiger charge is 2.65. The molecule has 1 aromatic rings. The van der Waals surface area contributed by atoms with Crippen LogP contribution in [0.1, 0.15) is 13.8 Å². The minimum Gasteiger partial charge on any atom is -0.481 e. The van der Waals surface area contributed by atoms with Crippen LogP contribution in [-0.2, 0) is 9.59 Å². The zero-order valence-corrected chi connectivity index (χ0v) is 10.7. The Morgan fingerprint density at radius 2 is 2.11 bits per heavy atom. The van der Waals surface area contributed by atoms with Crippen LogP contribution in [0, 0.1) is 17.3 Å². The summed E-state index contributed by atoms with van der Waals surface area (Å²) in [6.45, 7) is 3.53. The van der Waals surface area contributed by atoms with Crippen LogP contribution >= 0.6 is 11.6 Å². The number of rotatable bonds is 3. The van der Waals surface area contributed by atoms with Gasteiger partial charge in [0.1, 0.15) is 0 Å². The first-order chi connectivity index (χ1) is 8.35. The van der Waals surface area contributed by atoms with Crippen molar-refractivity contribution >= 4 is 29.2 Å². The molecule has 1 aliphatic carbocycles. The third kappa shape index (κ3) is 2.06. The summed E-state index contributed by atoms with van der Waals surface area (Å²) in [6.07, 6.45) is 1.51. The number of pyridine rings is 1. The number of hydrogen-bond donors (Lipinski definition) is 2. The van der Waals surface area contributed by atoms with Gasteiger partial charge in [-0.3, -0.25) is 9.59 Å². The van der Waals surface area contributed by atoms with E-state index in [1.807, 2.05) is 0 Å². The van der Waals surface area contributed by atoms with Crippen LogP contribution in [0.15, 0.2) is 18.3 Å². The van der Waals surface area contributed by atoms with Crippen molar-refractivity contribution in [1.82, 2.24) is 4.98 Å². The lowest BCUT2D eigenvalue weighted by Crippen LogP contribution is -2.18. The monoisotopic (exact) mass is 268 g/mol. The van der Waals surface area contributed by atoms with Gasteiger partial charge in [0.05, 0.1) is 17.5 Å². The van der Waals surface area contributed by atoms with Crippen LogP contribution in [0.3, 0.4) is 0 Å². The summed E-state index contributed by atoms with van der Waals surface area (Å²) in [7, 11) is 0. The van der Waals surface area contributed by atoms with Crippen molar-refractivity contribution in [3.05, 3.63) is 23.5 Å². The summed E-state index contributed by atoms with van der Waals surface area (Å²) in [4.78, 5) is 26.8. The number of carbonyl (C=O) groups excluding carboxylic acids is 1. The van der Waals surface area contributed by atoms with Crippen molar-refractivity contribution in [2.24, 2.45) is 17.3 Å². The van der Waals surface area contributed by atoms with Gasteiger partial charge in [0, 0.05) is 6.20 Å². The number of nitrogens with one attached hydrogen (secondary N) is 1. The number of amides is 1. The van der Waals surface area contributed by atoms with Gasteiger partial charge in [-0.05, 0) is 17.5 Å². The van der Waals surface area contributed by atoms with Crippen LogP contribution in [-0.4, -0.2) is 22.0 Å². The molecule has 6 heteroatoms. The summed E-state index contributed by atoms with van der Waals surface area (Å²) in [6, 6.07) is 3.27. The molecule has 0 aromatic carbocycles. The first-order valence-corrected chi connectivity index (χ1v) is 5.87. The topological polar surface area (TPSA) is 79.3 Å². The highest BCUT2D eigenvalue weighted by Crippen LogP contribution is 2.58. The first-order valence-electron chi connectivity index (χ1n) is 5.50. The Hall–Kier alpha value is -1.62. The highest BCUT2D eigenvalue weighted by atomic mass is 35.5. The van der Waals surface area contributed by atoms with E-state index in [4.69, 9.17) is 16.7 Å². The quantitative estimate of drug-likeness (QED) is 0.822. The molecule has 0 radical (unpaired) electrons. The number of carbonyl (C=O) groups is 2. The number of halogens is 1. The predicted octanol–water partition coefficient (Wildman–Crippen LogP) is 2.03. The molecular formula is C12H13ClN2O3. The van der Waals surface area contributed by atoms with Gasteiger partial charge in [0.2, 0.25) is 5.91 Å². The Labute approximate surface area is 109 Å². The predicted molar refractivity (Wildman–Crippen MR) is 66.3 cm³/mol. The summed E-state index contributed by atoms with van der Waals surface area (Å²) in [5.41, 5.74) is -0.124. The molecule has 1 amide bonds. The summed E-state index contributed by atoms with van der Waals surface area (Å²) in [5, 5.41) is 11.8. The van der Waals surface area contributed by atoms with Crippen molar-refractivity contribution in [1.29, 1.82) is 0 Å². The van der Waals surface area contributed by atoms with E-state index in [1.165, 1.54) is 6.20 Å². The van der Waals surface area contributed by atoms with Crippen LogP contribution in [0.5, 0.6) is 0 Å². The Bertz CT molecular complexity index is 516. The molecule has 1 aromatic heterocycles. The van der Waals surface area contributed by atoms with E-state index in [0.717, 1.165) is 0 Å². The van der Waals surface area contributed by atoms with E-state index in [2.05, 4.69) is 10.3 Å². The van der Waals surface area contributed by atoms with E-state index < -0.39 is 23.2 Å². The van der Waals surface area contributed by atoms with Gasteiger partial charge in [0.15, 0.2) is 5.15 Å². The van der Waals surface area contributed by atoms with E-state index >= 15 is 0 Å². The smallest absolute Gasteiger partial charge is 0.307 e. The molecule has 0 saturated heterocycles. The molecule has 0 bridgehead atoms. The zero-order chi connectivity index (χ0) is 13.5. The summed E-state index contributed by atoms with van der Waals surface area (Å²) < 4.78 is 0. The van der Waals surface area contributed by atoms with Gasteiger partial charge in [0.25, 0.3) is 0 Å². The molecule has 96 valence electrons. The normalized spacial score (nSPS) is 24.4. The average molecular weight is 269 g/mol.